The molecule has 1 aromatic heterocycles. The zero-order valence-corrected chi connectivity index (χ0v) is 7.37. The highest BCUT2D eigenvalue weighted by atomic mass is 16.1. The summed E-state index contributed by atoms with van der Waals surface area (Å²) in [6.45, 7) is 1.91. The first-order chi connectivity index (χ1) is 6.24. The number of carbonyl (C=O) groups excluding carboxylic acids is 1. The van der Waals surface area contributed by atoms with Crippen LogP contribution in [0.2, 0.25) is 0 Å². The molecule has 0 spiro atoms. The van der Waals surface area contributed by atoms with Crippen molar-refractivity contribution in [2.45, 2.75) is 13.3 Å². The van der Waals surface area contributed by atoms with E-state index >= 15 is 0 Å². The maximum Gasteiger partial charge on any atom is 0.136 e. The lowest BCUT2D eigenvalue weighted by atomic mass is 10.2. The lowest BCUT2D eigenvalue weighted by molar-refractivity contribution is -0.107. The minimum Gasteiger partial charge on any atom is -0.396 e. The van der Waals surface area contributed by atoms with Crippen LogP contribution in [0.1, 0.15) is 17.7 Å². The number of rotatable bonds is 1. The normalized spacial score (nSPS) is 8.69. The molecule has 13 heavy (non-hydrogen) atoms. The van der Waals surface area contributed by atoms with E-state index in [0.29, 0.717) is 11.4 Å². The van der Waals surface area contributed by atoms with Gasteiger partial charge >= 0.3 is 0 Å². The van der Waals surface area contributed by atoms with Crippen molar-refractivity contribution in [3.05, 3.63) is 23.5 Å². The maximum absolute atomic E-state index is 9.98. The summed E-state index contributed by atoms with van der Waals surface area (Å²) in [7, 11) is 0. The number of hydrogen-bond acceptors (Lipinski definition) is 3. The van der Waals surface area contributed by atoms with E-state index in [-0.39, 0.29) is 6.42 Å². The highest BCUT2D eigenvalue weighted by Crippen LogP contribution is 2.08. The first kappa shape index (κ1) is 9.27. The van der Waals surface area contributed by atoms with Crippen molar-refractivity contribution >= 4 is 12.0 Å². The average molecular weight is 174 g/mol. The van der Waals surface area contributed by atoms with Crippen LogP contribution < -0.4 is 5.73 Å². The van der Waals surface area contributed by atoms with Gasteiger partial charge in [0.15, 0.2) is 0 Å². The van der Waals surface area contributed by atoms with Gasteiger partial charge < -0.3 is 10.5 Å². The van der Waals surface area contributed by atoms with Crippen LogP contribution in [-0.4, -0.2) is 11.3 Å². The van der Waals surface area contributed by atoms with E-state index in [0.717, 1.165) is 11.8 Å². The topological polar surface area (TPSA) is 56.0 Å². The molecule has 3 nitrogen and oxygen atoms in total. The van der Waals surface area contributed by atoms with E-state index in [1.807, 2.05) is 6.92 Å². The van der Waals surface area contributed by atoms with Crippen molar-refractivity contribution < 1.29 is 4.79 Å². The fourth-order valence-electron chi connectivity index (χ4n) is 0.873. The summed E-state index contributed by atoms with van der Waals surface area (Å²) in [6.07, 6.45) is 2.66. The number of nitrogens with zero attached hydrogens (tertiary/aromatic N) is 1. The second-order valence-corrected chi connectivity index (χ2v) is 2.62. The standard InChI is InChI=1S/C10H10N2O/c1-8-6-9(11)10(12-7-8)4-2-3-5-13/h5-7H,3,11H2,1H3. The zero-order chi connectivity index (χ0) is 9.68. The summed E-state index contributed by atoms with van der Waals surface area (Å²) in [5.41, 5.74) is 7.74. The van der Waals surface area contributed by atoms with Crippen LogP contribution in [0.15, 0.2) is 12.3 Å². The molecule has 0 aliphatic heterocycles. The van der Waals surface area contributed by atoms with Crippen LogP contribution in [-0.2, 0) is 4.79 Å². The Morgan fingerprint density at radius 3 is 3.08 bits per heavy atom. The number of aldehydes is 1. The fraction of sp³-hybridized carbons (Fsp3) is 0.200. The number of carbonyl (C=O) groups is 1. The number of hydrogen-bond donors (Lipinski definition) is 1. The predicted molar refractivity (Wildman–Crippen MR) is 50.9 cm³/mol. The maximum atomic E-state index is 9.98. The van der Waals surface area contributed by atoms with E-state index in [1.54, 1.807) is 12.3 Å². The van der Waals surface area contributed by atoms with Gasteiger partial charge in [-0.25, -0.2) is 4.98 Å². The van der Waals surface area contributed by atoms with E-state index in [1.165, 1.54) is 0 Å². The van der Waals surface area contributed by atoms with Gasteiger partial charge in [-0.15, -0.1) is 0 Å². The second-order valence-electron chi connectivity index (χ2n) is 2.62. The van der Waals surface area contributed by atoms with Crippen molar-refractivity contribution in [1.29, 1.82) is 0 Å². The van der Waals surface area contributed by atoms with Crippen molar-refractivity contribution in [1.82, 2.24) is 4.98 Å². The van der Waals surface area contributed by atoms with E-state index < -0.39 is 0 Å². The first-order valence-corrected chi connectivity index (χ1v) is 3.88. The number of aryl methyl sites for hydroxylation is 1. The number of aromatic nitrogens is 1. The quantitative estimate of drug-likeness (QED) is 0.508. The molecule has 1 rings (SSSR count). The molecule has 1 heterocycles. The molecule has 0 amide bonds. The third-order valence-corrected chi connectivity index (χ3v) is 1.45. The SMILES string of the molecule is Cc1cnc(C#CCC=O)c(N)c1. The molecule has 0 saturated heterocycles. The molecule has 0 fully saturated rings. The molecule has 0 saturated carbocycles. The monoisotopic (exact) mass is 174 g/mol. The molecule has 1 aromatic rings. The van der Waals surface area contributed by atoms with Gasteiger partial charge in [0.25, 0.3) is 0 Å². The summed E-state index contributed by atoms with van der Waals surface area (Å²) in [5, 5.41) is 0. The lowest BCUT2D eigenvalue weighted by Crippen LogP contribution is -1.94. The Labute approximate surface area is 77.0 Å². The van der Waals surface area contributed by atoms with E-state index in [9.17, 15) is 4.79 Å². The van der Waals surface area contributed by atoms with E-state index in [4.69, 9.17) is 5.73 Å². The largest absolute Gasteiger partial charge is 0.396 e. The van der Waals surface area contributed by atoms with Gasteiger partial charge in [-0.2, -0.15) is 0 Å². The number of nitrogens with two attached hydrogens (primary N) is 1. The summed E-state index contributed by atoms with van der Waals surface area (Å²) in [6, 6.07) is 1.80. The Kier molecular flexibility index (Phi) is 3.04. The molecule has 0 bridgehead atoms. The number of nitrogen functional groups attached to an aromatic ring is 1. The second kappa shape index (κ2) is 4.27. The molecular weight excluding hydrogens is 164 g/mol. The van der Waals surface area contributed by atoms with Crippen molar-refractivity contribution in [3.63, 3.8) is 0 Å². The van der Waals surface area contributed by atoms with E-state index in [2.05, 4.69) is 16.8 Å². The van der Waals surface area contributed by atoms with Gasteiger partial charge in [0, 0.05) is 6.20 Å². The molecule has 0 radical (unpaired) electrons. The fourth-order valence-corrected chi connectivity index (χ4v) is 0.873. The number of anilines is 1. The van der Waals surface area contributed by atoms with Gasteiger partial charge in [-0.05, 0) is 24.5 Å². The molecule has 2 N–H and O–H groups in total. The zero-order valence-electron chi connectivity index (χ0n) is 7.37. The minimum atomic E-state index is 0.217. The average Bonchev–Trinajstić information content (AvgIpc) is 2.09. The molecule has 3 heteroatoms. The Bertz CT molecular complexity index is 374. The molecule has 0 atom stereocenters. The van der Waals surface area contributed by atoms with Gasteiger partial charge in [0.2, 0.25) is 0 Å². The summed E-state index contributed by atoms with van der Waals surface area (Å²) >= 11 is 0. The van der Waals surface area contributed by atoms with Crippen LogP contribution in [0, 0.1) is 18.8 Å². The Morgan fingerprint density at radius 1 is 1.69 bits per heavy atom. The molecule has 0 aliphatic rings. The van der Waals surface area contributed by atoms with Crippen molar-refractivity contribution in [2.75, 3.05) is 5.73 Å². The van der Waals surface area contributed by atoms with Crippen molar-refractivity contribution in [3.8, 4) is 11.8 Å². The van der Waals surface area contributed by atoms with Gasteiger partial charge in [0.05, 0.1) is 12.1 Å². The number of pyridine rings is 1. The molecule has 0 aliphatic carbocycles. The van der Waals surface area contributed by atoms with Crippen LogP contribution >= 0.6 is 0 Å². The minimum absolute atomic E-state index is 0.217. The molecule has 0 aromatic carbocycles. The van der Waals surface area contributed by atoms with Crippen molar-refractivity contribution in [2.24, 2.45) is 0 Å². The van der Waals surface area contributed by atoms with Gasteiger partial charge in [-0.1, -0.05) is 5.92 Å². The van der Waals surface area contributed by atoms with Gasteiger partial charge in [0.1, 0.15) is 12.0 Å². The first-order valence-electron chi connectivity index (χ1n) is 3.88. The lowest BCUT2D eigenvalue weighted by Gasteiger charge is -1.97. The molecular formula is C10H10N2O. The molecule has 66 valence electrons. The summed E-state index contributed by atoms with van der Waals surface area (Å²) in [5.74, 6) is 5.37. The summed E-state index contributed by atoms with van der Waals surface area (Å²) in [4.78, 5) is 14.0. The third kappa shape index (κ3) is 2.60. The van der Waals surface area contributed by atoms with Crippen LogP contribution in [0.25, 0.3) is 0 Å². The van der Waals surface area contributed by atoms with Crippen LogP contribution in [0.5, 0.6) is 0 Å². The Morgan fingerprint density at radius 2 is 2.46 bits per heavy atom. The van der Waals surface area contributed by atoms with Crippen LogP contribution in [0.4, 0.5) is 5.69 Å². The highest BCUT2D eigenvalue weighted by Gasteiger charge is 1.95. The highest BCUT2D eigenvalue weighted by molar-refractivity contribution is 5.57. The smallest absolute Gasteiger partial charge is 0.136 e. The summed E-state index contributed by atoms with van der Waals surface area (Å²) < 4.78 is 0. The molecule has 0 unspecified atom stereocenters. The van der Waals surface area contributed by atoms with Gasteiger partial charge in [-0.3, -0.25) is 0 Å². The Balaban J connectivity index is 2.91. The Hall–Kier alpha value is -1.82. The predicted octanol–water partition coefficient (Wildman–Crippen LogP) is 0.913. The van der Waals surface area contributed by atoms with Crippen LogP contribution in [0.3, 0.4) is 0 Å². The third-order valence-electron chi connectivity index (χ3n) is 1.45.